The zero-order valence-corrected chi connectivity index (χ0v) is 18.1. The van der Waals surface area contributed by atoms with Crippen LogP contribution in [0.2, 0.25) is 5.02 Å². The molecule has 1 aliphatic heterocycles. The number of hydrogen-bond acceptors (Lipinski definition) is 4. The summed E-state index contributed by atoms with van der Waals surface area (Å²) in [5.74, 6) is -0.145. The van der Waals surface area contributed by atoms with Gasteiger partial charge in [-0.15, -0.1) is 0 Å². The average Bonchev–Trinajstić information content (AvgIpc) is 2.68. The molecule has 0 spiro atoms. The summed E-state index contributed by atoms with van der Waals surface area (Å²) in [6.07, 6.45) is 6.45. The van der Waals surface area contributed by atoms with Crippen molar-refractivity contribution in [1.29, 1.82) is 0 Å². The fourth-order valence-electron chi connectivity index (χ4n) is 3.60. The summed E-state index contributed by atoms with van der Waals surface area (Å²) in [7, 11) is 1.95. The maximum absolute atomic E-state index is 12.8. The van der Waals surface area contributed by atoms with Gasteiger partial charge in [0.15, 0.2) is 0 Å². The van der Waals surface area contributed by atoms with E-state index in [1.807, 2.05) is 7.05 Å². The standard InChI is InChI=1S/C22H32ClN3O3/c1-16(27)8-4-3-5-9-19(21(28)24-18-13-11-17(23)12-14-18)25-22(29)20-10-6-7-15-26(20)2/h11-14,19-20H,3-10,15H2,1-2H3,(H,24,28)(H,25,29)/t19-,20?/m0/s1. The van der Waals surface area contributed by atoms with Gasteiger partial charge in [0.2, 0.25) is 11.8 Å². The smallest absolute Gasteiger partial charge is 0.246 e. The lowest BCUT2D eigenvalue weighted by Gasteiger charge is -2.32. The molecule has 2 atom stereocenters. The van der Waals surface area contributed by atoms with Gasteiger partial charge in [0.1, 0.15) is 11.8 Å². The van der Waals surface area contributed by atoms with Crippen molar-refractivity contribution in [2.24, 2.45) is 0 Å². The van der Waals surface area contributed by atoms with Crippen molar-refractivity contribution in [3.05, 3.63) is 29.3 Å². The second-order valence-electron chi connectivity index (χ2n) is 7.85. The highest BCUT2D eigenvalue weighted by molar-refractivity contribution is 6.30. The first-order valence-electron chi connectivity index (χ1n) is 10.4. The first-order valence-corrected chi connectivity index (χ1v) is 10.8. The molecule has 1 aromatic rings. The molecule has 29 heavy (non-hydrogen) atoms. The first-order chi connectivity index (χ1) is 13.9. The number of carbonyl (C=O) groups is 3. The van der Waals surface area contributed by atoms with Gasteiger partial charge < -0.3 is 15.4 Å². The molecule has 0 radical (unpaired) electrons. The highest BCUT2D eigenvalue weighted by Crippen LogP contribution is 2.17. The molecule has 2 amide bonds. The fraction of sp³-hybridized carbons (Fsp3) is 0.591. The van der Waals surface area contributed by atoms with E-state index in [0.717, 1.165) is 45.1 Å². The third kappa shape index (κ3) is 8.15. The van der Waals surface area contributed by atoms with Crippen LogP contribution in [-0.2, 0) is 14.4 Å². The van der Waals surface area contributed by atoms with E-state index in [1.165, 1.54) is 0 Å². The maximum atomic E-state index is 12.8. The lowest BCUT2D eigenvalue weighted by atomic mass is 10.0. The molecule has 1 aromatic carbocycles. The third-order valence-electron chi connectivity index (χ3n) is 5.34. The zero-order valence-electron chi connectivity index (χ0n) is 17.4. The zero-order chi connectivity index (χ0) is 21.2. The number of amides is 2. The van der Waals surface area contributed by atoms with Crippen LogP contribution in [-0.4, -0.2) is 48.2 Å². The van der Waals surface area contributed by atoms with Crippen LogP contribution in [0.4, 0.5) is 5.69 Å². The number of piperidine rings is 1. The largest absolute Gasteiger partial charge is 0.343 e. The molecule has 6 nitrogen and oxygen atoms in total. The molecule has 2 N–H and O–H groups in total. The van der Waals surface area contributed by atoms with Crippen LogP contribution in [0.1, 0.15) is 58.3 Å². The Hall–Kier alpha value is -1.92. The second-order valence-corrected chi connectivity index (χ2v) is 8.29. The SMILES string of the molecule is CC(=O)CCCCC[C@H](NC(=O)C1CCCCN1C)C(=O)Nc1ccc(Cl)cc1. The average molecular weight is 422 g/mol. The minimum atomic E-state index is -0.606. The summed E-state index contributed by atoms with van der Waals surface area (Å²) in [6, 6.07) is 6.10. The minimum Gasteiger partial charge on any atom is -0.343 e. The molecule has 160 valence electrons. The summed E-state index contributed by atoms with van der Waals surface area (Å²) < 4.78 is 0. The highest BCUT2D eigenvalue weighted by Gasteiger charge is 2.29. The van der Waals surface area contributed by atoms with E-state index in [1.54, 1.807) is 31.2 Å². The number of rotatable bonds is 10. The number of likely N-dealkylation sites (tertiary alicyclic amines) is 1. The van der Waals surface area contributed by atoms with E-state index in [-0.39, 0.29) is 23.6 Å². The number of halogens is 1. The Morgan fingerprint density at radius 3 is 2.52 bits per heavy atom. The number of Topliss-reactive ketones (excluding diaryl/α,β-unsaturated/α-hetero) is 1. The molecule has 1 heterocycles. The van der Waals surface area contributed by atoms with E-state index in [9.17, 15) is 14.4 Å². The Morgan fingerprint density at radius 2 is 1.86 bits per heavy atom. The molecule has 1 unspecified atom stereocenters. The van der Waals surface area contributed by atoms with Crippen LogP contribution < -0.4 is 10.6 Å². The third-order valence-corrected chi connectivity index (χ3v) is 5.59. The van der Waals surface area contributed by atoms with Gasteiger partial charge in [-0.1, -0.05) is 30.9 Å². The van der Waals surface area contributed by atoms with E-state index < -0.39 is 6.04 Å². The van der Waals surface area contributed by atoms with Crippen LogP contribution >= 0.6 is 11.6 Å². The monoisotopic (exact) mass is 421 g/mol. The number of anilines is 1. The number of carbonyl (C=O) groups excluding carboxylic acids is 3. The summed E-state index contributed by atoms with van der Waals surface area (Å²) in [5.41, 5.74) is 0.644. The van der Waals surface area contributed by atoms with Crippen molar-refractivity contribution in [1.82, 2.24) is 10.2 Å². The van der Waals surface area contributed by atoms with Gasteiger partial charge in [0.05, 0.1) is 6.04 Å². The molecular weight excluding hydrogens is 390 g/mol. The highest BCUT2D eigenvalue weighted by atomic mass is 35.5. The number of unbranched alkanes of at least 4 members (excludes halogenated alkanes) is 2. The summed E-state index contributed by atoms with van der Waals surface area (Å²) in [5, 5.41) is 6.43. The molecule has 0 bridgehead atoms. The lowest BCUT2D eigenvalue weighted by molar-refractivity contribution is -0.131. The van der Waals surface area contributed by atoms with Crippen molar-refractivity contribution in [2.75, 3.05) is 18.9 Å². The van der Waals surface area contributed by atoms with Crippen LogP contribution in [0.15, 0.2) is 24.3 Å². The maximum Gasteiger partial charge on any atom is 0.246 e. The minimum absolute atomic E-state index is 0.0906. The molecule has 7 heteroatoms. The topological polar surface area (TPSA) is 78.5 Å². The molecule has 1 aliphatic rings. The number of benzene rings is 1. The predicted molar refractivity (Wildman–Crippen MR) is 116 cm³/mol. The van der Waals surface area contributed by atoms with E-state index in [4.69, 9.17) is 11.6 Å². The number of hydrogen-bond donors (Lipinski definition) is 2. The van der Waals surface area contributed by atoms with E-state index in [2.05, 4.69) is 15.5 Å². The Balaban J connectivity index is 1.97. The van der Waals surface area contributed by atoms with Crippen LogP contribution in [0, 0.1) is 0 Å². The van der Waals surface area contributed by atoms with Crippen LogP contribution in [0.3, 0.4) is 0 Å². The van der Waals surface area contributed by atoms with Crippen LogP contribution in [0.25, 0.3) is 0 Å². The van der Waals surface area contributed by atoms with E-state index in [0.29, 0.717) is 23.6 Å². The van der Waals surface area contributed by atoms with Gasteiger partial charge in [-0.3, -0.25) is 14.5 Å². The fourth-order valence-corrected chi connectivity index (χ4v) is 3.73. The molecule has 2 rings (SSSR count). The second kappa shape index (κ2) is 11.9. The molecule has 0 aromatic heterocycles. The van der Waals surface area contributed by atoms with Gasteiger partial charge in [-0.25, -0.2) is 0 Å². The van der Waals surface area contributed by atoms with Gasteiger partial charge in [-0.2, -0.15) is 0 Å². The van der Waals surface area contributed by atoms with Gasteiger partial charge in [-0.05, 0) is 70.5 Å². The summed E-state index contributed by atoms with van der Waals surface area (Å²) >= 11 is 5.90. The Labute approximate surface area is 178 Å². The summed E-state index contributed by atoms with van der Waals surface area (Å²) in [4.78, 5) is 38.8. The molecule has 0 aliphatic carbocycles. The van der Waals surface area contributed by atoms with Crippen molar-refractivity contribution in [2.45, 2.75) is 70.4 Å². The Morgan fingerprint density at radius 1 is 1.14 bits per heavy atom. The number of nitrogens with one attached hydrogen (secondary N) is 2. The molecule has 1 saturated heterocycles. The first kappa shape index (κ1) is 23.4. The predicted octanol–water partition coefficient (Wildman–Crippen LogP) is 3.79. The molecular formula is C22H32ClN3O3. The van der Waals surface area contributed by atoms with Gasteiger partial charge in [0, 0.05) is 17.1 Å². The number of likely N-dealkylation sites (N-methyl/N-ethyl adjacent to an activating group) is 1. The Bertz CT molecular complexity index is 693. The molecule has 1 fully saturated rings. The van der Waals surface area contributed by atoms with Crippen molar-refractivity contribution >= 4 is 34.9 Å². The van der Waals surface area contributed by atoms with Gasteiger partial charge >= 0.3 is 0 Å². The Kier molecular flexibility index (Phi) is 9.61. The number of nitrogens with zero attached hydrogens (tertiary/aromatic N) is 1. The number of ketones is 1. The molecule has 0 saturated carbocycles. The van der Waals surface area contributed by atoms with Crippen molar-refractivity contribution in [3.8, 4) is 0 Å². The lowest BCUT2D eigenvalue weighted by Crippen LogP contribution is -2.53. The van der Waals surface area contributed by atoms with Crippen molar-refractivity contribution in [3.63, 3.8) is 0 Å². The van der Waals surface area contributed by atoms with Crippen molar-refractivity contribution < 1.29 is 14.4 Å². The quantitative estimate of drug-likeness (QED) is 0.563. The summed E-state index contributed by atoms with van der Waals surface area (Å²) in [6.45, 7) is 2.48. The van der Waals surface area contributed by atoms with E-state index >= 15 is 0 Å². The van der Waals surface area contributed by atoms with Crippen LogP contribution in [0.5, 0.6) is 0 Å². The van der Waals surface area contributed by atoms with Gasteiger partial charge in [0.25, 0.3) is 0 Å². The normalized spacial score (nSPS) is 18.1.